The largest absolute Gasteiger partial charge is 0.466 e. The Hall–Kier alpha value is -0.500. The minimum atomic E-state index is -2.72. The number of esters is 1. The molecule has 94 valence electrons. The van der Waals surface area contributed by atoms with Gasteiger partial charge in [-0.25, -0.2) is 13.8 Å². The van der Waals surface area contributed by atoms with Crippen LogP contribution in [0.4, 0.5) is 8.78 Å². The Labute approximate surface area is 116 Å². The van der Waals surface area contributed by atoms with Crippen LogP contribution in [-0.4, -0.2) is 17.6 Å². The van der Waals surface area contributed by atoms with Crippen LogP contribution in [0.2, 0.25) is 5.15 Å². The lowest BCUT2D eigenvalue weighted by molar-refractivity contribution is -0.142. The molecule has 0 bridgehead atoms. The number of hydrogen-bond acceptors (Lipinski definition) is 3. The number of alkyl halides is 2. The first-order valence-corrected chi connectivity index (χ1v) is 6.20. The second kappa shape index (κ2) is 6.44. The summed E-state index contributed by atoms with van der Waals surface area (Å²) < 4.78 is 30.2. The van der Waals surface area contributed by atoms with Crippen molar-refractivity contribution >= 4 is 40.2 Å². The van der Waals surface area contributed by atoms with Crippen molar-refractivity contribution in [2.45, 2.75) is 19.8 Å². The van der Waals surface area contributed by atoms with Crippen LogP contribution in [0.25, 0.3) is 0 Å². The zero-order chi connectivity index (χ0) is 13.0. The van der Waals surface area contributed by atoms with Crippen molar-refractivity contribution in [1.82, 2.24) is 4.98 Å². The molecule has 0 spiro atoms. The quantitative estimate of drug-likeness (QED) is 0.460. The van der Waals surface area contributed by atoms with Gasteiger partial charge in [0.25, 0.3) is 6.43 Å². The van der Waals surface area contributed by atoms with Crippen LogP contribution in [-0.2, 0) is 16.0 Å². The molecule has 1 heterocycles. The second-order valence-electron chi connectivity index (χ2n) is 3.09. The van der Waals surface area contributed by atoms with Crippen molar-refractivity contribution in [3.63, 3.8) is 0 Å². The molecule has 17 heavy (non-hydrogen) atoms. The number of hydrogen-bond donors (Lipinski definition) is 0. The van der Waals surface area contributed by atoms with Gasteiger partial charge in [-0.15, -0.1) is 0 Å². The normalized spacial score (nSPS) is 10.7. The Bertz CT molecular complexity index is 429. The third kappa shape index (κ3) is 4.02. The van der Waals surface area contributed by atoms with Crippen molar-refractivity contribution in [2.75, 3.05) is 6.61 Å². The van der Waals surface area contributed by atoms with Gasteiger partial charge in [0, 0.05) is 0 Å². The molecule has 0 amide bonds. The summed E-state index contributed by atoms with van der Waals surface area (Å²) >= 11 is 7.58. The summed E-state index contributed by atoms with van der Waals surface area (Å²) in [5, 5.41) is -0.0253. The first-order valence-electron chi connectivity index (χ1n) is 4.74. The molecule has 0 aliphatic heterocycles. The maximum absolute atomic E-state index is 12.5. The fourth-order valence-electron chi connectivity index (χ4n) is 1.18. The average molecular weight is 376 g/mol. The van der Waals surface area contributed by atoms with Crippen LogP contribution in [0.1, 0.15) is 24.6 Å². The zero-order valence-electron chi connectivity index (χ0n) is 8.84. The first-order chi connectivity index (χ1) is 7.95. The van der Waals surface area contributed by atoms with E-state index in [2.05, 4.69) is 4.98 Å². The molecule has 1 aromatic rings. The Balaban J connectivity index is 3.01. The van der Waals surface area contributed by atoms with Crippen molar-refractivity contribution in [3.8, 4) is 0 Å². The predicted molar refractivity (Wildman–Crippen MR) is 67.3 cm³/mol. The Kier molecular flexibility index (Phi) is 5.51. The highest BCUT2D eigenvalue weighted by atomic mass is 127. The van der Waals surface area contributed by atoms with Crippen molar-refractivity contribution in [3.05, 3.63) is 26.0 Å². The lowest BCUT2D eigenvalue weighted by Crippen LogP contribution is -2.10. The first kappa shape index (κ1) is 14.6. The van der Waals surface area contributed by atoms with Gasteiger partial charge in [-0.05, 0) is 41.1 Å². The molecule has 0 saturated heterocycles. The topological polar surface area (TPSA) is 39.2 Å². The molecule has 0 fully saturated rings. The summed E-state index contributed by atoms with van der Waals surface area (Å²) in [4.78, 5) is 14.8. The van der Waals surface area contributed by atoms with Gasteiger partial charge in [-0.1, -0.05) is 11.6 Å². The number of pyridine rings is 1. The molecule has 0 radical (unpaired) electrons. The van der Waals surface area contributed by atoms with Crippen molar-refractivity contribution in [2.24, 2.45) is 0 Å². The summed E-state index contributed by atoms with van der Waals surface area (Å²) in [5.74, 6) is -0.479. The van der Waals surface area contributed by atoms with Gasteiger partial charge in [0.2, 0.25) is 0 Å². The summed E-state index contributed by atoms with van der Waals surface area (Å²) in [5.41, 5.74) is -0.0333. The van der Waals surface area contributed by atoms with Crippen molar-refractivity contribution in [1.29, 1.82) is 0 Å². The molecule has 3 nitrogen and oxygen atoms in total. The minimum absolute atomic E-state index is 0.0253. The van der Waals surface area contributed by atoms with E-state index in [0.29, 0.717) is 9.13 Å². The number of nitrogens with zero attached hydrogens (tertiary/aromatic N) is 1. The molecule has 0 N–H and O–H groups in total. The fraction of sp³-hybridized carbons (Fsp3) is 0.400. The molecule has 0 aliphatic rings. The molecule has 0 aromatic carbocycles. The van der Waals surface area contributed by atoms with Gasteiger partial charge < -0.3 is 4.74 Å². The lowest BCUT2D eigenvalue weighted by atomic mass is 10.1. The number of aromatic nitrogens is 1. The van der Waals surface area contributed by atoms with Gasteiger partial charge in [0.1, 0.15) is 10.8 Å². The van der Waals surface area contributed by atoms with Gasteiger partial charge in [0.05, 0.1) is 16.6 Å². The van der Waals surface area contributed by atoms with E-state index in [1.807, 2.05) is 22.6 Å². The van der Waals surface area contributed by atoms with Gasteiger partial charge >= 0.3 is 5.97 Å². The maximum Gasteiger partial charge on any atom is 0.310 e. The smallest absolute Gasteiger partial charge is 0.310 e. The summed E-state index contributed by atoms with van der Waals surface area (Å²) in [7, 11) is 0. The molecule has 0 saturated carbocycles. The van der Waals surface area contributed by atoms with Crippen LogP contribution in [0, 0.1) is 3.57 Å². The van der Waals surface area contributed by atoms with E-state index in [9.17, 15) is 13.6 Å². The number of halogens is 4. The standard InChI is InChI=1S/C10H9ClF2INO2/c1-2-17-7(16)4-5-3-6(10(12)13)15-9(11)8(5)14/h3,10H,2,4H2,1H3. The summed E-state index contributed by atoms with van der Waals surface area (Å²) in [6.45, 7) is 1.92. The highest BCUT2D eigenvalue weighted by Crippen LogP contribution is 2.26. The Morgan fingerprint density at radius 1 is 1.65 bits per heavy atom. The highest BCUT2D eigenvalue weighted by molar-refractivity contribution is 14.1. The van der Waals surface area contributed by atoms with E-state index in [-0.39, 0.29) is 18.2 Å². The molecular weight excluding hydrogens is 366 g/mol. The summed E-state index contributed by atoms with van der Waals surface area (Å²) in [6, 6.07) is 1.18. The summed E-state index contributed by atoms with van der Waals surface area (Å²) in [6.07, 6.45) is -2.81. The maximum atomic E-state index is 12.5. The van der Waals surface area contributed by atoms with Crippen LogP contribution in [0.3, 0.4) is 0 Å². The third-order valence-corrected chi connectivity index (χ3v) is 3.67. The molecule has 7 heteroatoms. The number of carbonyl (C=O) groups excluding carboxylic acids is 1. The van der Waals surface area contributed by atoms with Gasteiger partial charge in [-0.2, -0.15) is 0 Å². The molecule has 1 aromatic heterocycles. The molecule has 0 unspecified atom stereocenters. The Morgan fingerprint density at radius 3 is 2.82 bits per heavy atom. The second-order valence-corrected chi connectivity index (χ2v) is 4.53. The Morgan fingerprint density at radius 2 is 2.29 bits per heavy atom. The van der Waals surface area contributed by atoms with Crippen molar-refractivity contribution < 1.29 is 18.3 Å². The van der Waals surface area contributed by atoms with E-state index in [4.69, 9.17) is 16.3 Å². The van der Waals surface area contributed by atoms with Crippen LogP contribution in [0.15, 0.2) is 6.07 Å². The third-order valence-electron chi connectivity index (χ3n) is 1.88. The SMILES string of the molecule is CCOC(=O)Cc1cc(C(F)F)nc(Cl)c1I. The zero-order valence-corrected chi connectivity index (χ0v) is 11.8. The van der Waals surface area contributed by atoms with Crippen LogP contribution in [0.5, 0.6) is 0 Å². The number of rotatable bonds is 4. The average Bonchev–Trinajstić information content (AvgIpc) is 2.24. The van der Waals surface area contributed by atoms with E-state index in [1.54, 1.807) is 6.92 Å². The minimum Gasteiger partial charge on any atom is -0.466 e. The lowest BCUT2D eigenvalue weighted by Gasteiger charge is -2.08. The van der Waals surface area contributed by atoms with E-state index in [0.717, 1.165) is 0 Å². The van der Waals surface area contributed by atoms with Gasteiger partial charge in [-0.3, -0.25) is 4.79 Å². The van der Waals surface area contributed by atoms with E-state index in [1.165, 1.54) is 6.07 Å². The van der Waals surface area contributed by atoms with E-state index < -0.39 is 18.1 Å². The molecule has 0 atom stereocenters. The number of carbonyl (C=O) groups is 1. The highest BCUT2D eigenvalue weighted by Gasteiger charge is 2.17. The molecule has 1 rings (SSSR count). The van der Waals surface area contributed by atoms with E-state index >= 15 is 0 Å². The predicted octanol–water partition coefficient (Wildman–Crippen LogP) is 3.38. The fourth-order valence-corrected chi connectivity index (χ4v) is 1.86. The number of ether oxygens (including phenoxy) is 1. The molecule has 0 aliphatic carbocycles. The monoisotopic (exact) mass is 375 g/mol. The molecular formula is C10H9ClF2INO2. The van der Waals surface area contributed by atoms with Crippen LogP contribution >= 0.6 is 34.2 Å². The van der Waals surface area contributed by atoms with Crippen LogP contribution < -0.4 is 0 Å². The van der Waals surface area contributed by atoms with Gasteiger partial charge in [0.15, 0.2) is 0 Å².